The number of fused-ring (bicyclic) bond motifs is 1. The number of nitrogens with one attached hydrogen (secondary N) is 1. The third-order valence-corrected chi connectivity index (χ3v) is 7.98. The predicted molar refractivity (Wildman–Crippen MR) is 138 cm³/mol. The molecule has 36 heavy (non-hydrogen) atoms. The number of primary amides is 1. The van der Waals surface area contributed by atoms with Crippen LogP contribution in [0.25, 0.3) is 10.2 Å². The Bertz CT molecular complexity index is 1510. The fourth-order valence-electron chi connectivity index (χ4n) is 3.64. The maximum Gasteiger partial charge on any atom is 0.241 e. The van der Waals surface area contributed by atoms with Crippen LogP contribution in [0.4, 0.5) is 0 Å². The summed E-state index contributed by atoms with van der Waals surface area (Å²) in [5.74, 6) is 0.260. The molecular formula is C26H24N4O4S2. The summed E-state index contributed by atoms with van der Waals surface area (Å²) in [5, 5.41) is 9.86. The van der Waals surface area contributed by atoms with Crippen LogP contribution in [0.1, 0.15) is 35.0 Å². The van der Waals surface area contributed by atoms with Gasteiger partial charge in [-0.2, -0.15) is 5.26 Å². The summed E-state index contributed by atoms with van der Waals surface area (Å²) < 4.78 is 35.7. The third kappa shape index (κ3) is 6.46. The Balaban J connectivity index is 1.63. The molecule has 0 spiro atoms. The normalized spacial score (nSPS) is 12.2. The zero-order chi connectivity index (χ0) is 25.5. The second kappa shape index (κ2) is 11.3. The van der Waals surface area contributed by atoms with Crippen LogP contribution < -0.4 is 15.2 Å². The van der Waals surface area contributed by atoms with Gasteiger partial charge >= 0.3 is 0 Å². The van der Waals surface area contributed by atoms with Gasteiger partial charge in [-0.15, -0.1) is 11.3 Å². The third-order valence-electron chi connectivity index (χ3n) is 5.36. The van der Waals surface area contributed by atoms with E-state index in [1.54, 1.807) is 42.5 Å². The SMILES string of the molecule is N#Cc1cccc(CC(NS(=O)(=O)c2ccccc2)c2nc3ccc(OCCCC(N)=O)cc3s2)c1. The van der Waals surface area contributed by atoms with E-state index in [0.29, 0.717) is 41.3 Å². The van der Waals surface area contributed by atoms with Crippen molar-refractivity contribution in [2.45, 2.75) is 30.2 Å². The Morgan fingerprint density at radius 1 is 1.11 bits per heavy atom. The number of nitrogens with zero attached hydrogens (tertiary/aromatic N) is 2. The largest absolute Gasteiger partial charge is 0.494 e. The smallest absolute Gasteiger partial charge is 0.241 e. The molecule has 0 radical (unpaired) electrons. The summed E-state index contributed by atoms with van der Waals surface area (Å²) in [6, 6.07) is 22.2. The highest BCUT2D eigenvalue weighted by Crippen LogP contribution is 2.32. The lowest BCUT2D eigenvalue weighted by Crippen LogP contribution is -2.30. The Kier molecular flexibility index (Phi) is 7.95. The summed E-state index contributed by atoms with van der Waals surface area (Å²) in [4.78, 5) is 15.8. The molecule has 0 aliphatic rings. The number of thiazole rings is 1. The average molecular weight is 521 g/mol. The van der Waals surface area contributed by atoms with Gasteiger partial charge in [-0.3, -0.25) is 4.79 Å². The Morgan fingerprint density at radius 3 is 2.67 bits per heavy atom. The molecule has 3 aromatic carbocycles. The molecule has 0 aliphatic heterocycles. The van der Waals surface area contributed by atoms with Crippen molar-refractivity contribution in [2.24, 2.45) is 5.73 Å². The van der Waals surface area contributed by atoms with Gasteiger partial charge < -0.3 is 10.5 Å². The number of nitriles is 1. The van der Waals surface area contributed by atoms with Crippen LogP contribution in [-0.4, -0.2) is 25.9 Å². The topological polar surface area (TPSA) is 135 Å². The minimum absolute atomic E-state index is 0.161. The van der Waals surface area contributed by atoms with E-state index in [4.69, 9.17) is 15.5 Å². The number of carbonyl (C=O) groups excluding carboxylic acids is 1. The van der Waals surface area contributed by atoms with Crippen LogP contribution >= 0.6 is 11.3 Å². The van der Waals surface area contributed by atoms with Crippen LogP contribution in [0.5, 0.6) is 5.75 Å². The minimum atomic E-state index is -3.82. The first-order chi connectivity index (χ1) is 17.3. The highest BCUT2D eigenvalue weighted by Gasteiger charge is 2.25. The summed E-state index contributed by atoms with van der Waals surface area (Å²) in [7, 11) is -3.82. The molecule has 0 aliphatic carbocycles. The summed E-state index contributed by atoms with van der Waals surface area (Å²) in [6.07, 6.45) is 1.09. The lowest BCUT2D eigenvalue weighted by Gasteiger charge is -2.17. The van der Waals surface area contributed by atoms with Crippen LogP contribution in [0.3, 0.4) is 0 Å². The van der Waals surface area contributed by atoms with Crippen molar-refractivity contribution in [3.63, 3.8) is 0 Å². The first kappa shape index (κ1) is 25.3. The molecule has 4 aromatic rings. The number of nitrogens with two attached hydrogens (primary N) is 1. The molecule has 1 aromatic heterocycles. The first-order valence-corrected chi connectivity index (χ1v) is 13.5. The molecular weight excluding hydrogens is 496 g/mol. The van der Waals surface area contributed by atoms with Gasteiger partial charge in [0, 0.05) is 6.42 Å². The maximum absolute atomic E-state index is 13.2. The van der Waals surface area contributed by atoms with Gasteiger partial charge in [-0.05, 0) is 60.9 Å². The number of rotatable bonds is 11. The van der Waals surface area contributed by atoms with Crippen molar-refractivity contribution in [1.82, 2.24) is 9.71 Å². The van der Waals surface area contributed by atoms with Gasteiger partial charge in [0.1, 0.15) is 10.8 Å². The van der Waals surface area contributed by atoms with Crippen LogP contribution in [-0.2, 0) is 21.2 Å². The van der Waals surface area contributed by atoms with Crippen LogP contribution in [0.15, 0.2) is 77.7 Å². The van der Waals surface area contributed by atoms with E-state index < -0.39 is 16.1 Å². The number of hydrogen-bond acceptors (Lipinski definition) is 7. The molecule has 1 heterocycles. The maximum atomic E-state index is 13.2. The Labute approximate surface area is 213 Å². The fraction of sp³-hybridized carbons (Fsp3) is 0.192. The second-order valence-electron chi connectivity index (χ2n) is 8.10. The second-order valence-corrected chi connectivity index (χ2v) is 10.9. The monoisotopic (exact) mass is 520 g/mol. The van der Waals surface area contributed by atoms with E-state index in [-0.39, 0.29) is 17.2 Å². The number of aromatic nitrogens is 1. The zero-order valence-corrected chi connectivity index (χ0v) is 20.9. The van der Waals surface area contributed by atoms with Gasteiger partial charge in [-0.25, -0.2) is 18.1 Å². The standard InChI is InChI=1S/C26H24N4O4S2/c27-17-19-7-4-6-18(14-19)15-23(30-36(32,33)21-8-2-1-3-9-21)26-29-22-12-11-20(16-24(22)35-26)34-13-5-10-25(28)31/h1-4,6-9,11-12,14,16,23,30H,5,10,13,15H2,(H2,28,31). The molecule has 0 bridgehead atoms. The van der Waals surface area contributed by atoms with E-state index in [1.807, 2.05) is 18.2 Å². The van der Waals surface area contributed by atoms with E-state index >= 15 is 0 Å². The molecule has 1 unspecified atom stereocenters. The molecule has 184 valence electrons. The lowest BCUT2D eigenvalue weighted by molar-refractivity contribution is -0.118. The van der Waals surface area contributed by atoms with Crippen molar-refractivity contribution >= 4 is 37.5 Å². The van der Waals surface area contributed by atoms with Crippen LogP contribution in [0, 0.1) is 11.3 Å². The number of carbonyl (C=O) groups is 1. The molecule has 3 N–H and O–H groups in total. The molecule has 8 nitrogen and oxygen atoms in total. The molecule has 0 fully saturated rings. The first-order valence-electron chi connectivity index (χ1n) is 11.2. The fourth-order valence-corrected chi connectivity index (χ4v) is 5.98. The molecule has 0 saturated heterocycles. The molecule has 4 rings (SSSR count). The van der Waals surface area contributed by atoms with Gasteiger partial charge in [0.05, 0.1) is 39.4 Å². The number of ether oxygens (including phenoxy) is 1. The lowest BCUT2D eigenvalue weighted by atomic mass is 10.0. The van der Waals surface area contributed by atoms with Gasteiger partial charge in [0.2, 0.25) is 15.9 Å². The Morgan fingerprint density at radius 2 is 1.92 bits per heavy atom. The Hall–Kier alpha value is -3.78. The minimum Gasteiger partial charge on any atom is -0.494 e. The van der Waals surface area contributed by atoms with Gasteiger partial charge in [0.25, 0.3) is 0 Å². The van der Waals surface area contributed by atoms with Crippen molar-refractivity contribution in [2.75, 3.05) is 6.61 Å². The van der Waals surface area contributed by atoms with Crippen LogP contribution in [0.2, 0.25) is 0 Å². The van der Waals surface area contributed by atoms with Crippen molar-refractivity contribution in [1.29, 1.82) is 5.26 Å². The summed E-state index contributed by atoms with van der Waals surface area (Å²) in [6.45, 7) is 0.356. The van der Waals surface area contributed by atoms with E-state index in [2.05, 4.69) is 10.8 Å². The molecule has 0 saturated carbocycles. The van der Waals surface area contributed by atoms with E-state index in [9.17, 15) is 18.5 Å². The van der Waals surface area contributed by atoms with Gasteiger partial charge in [0.15, 0.2) is 0 Å². The number of amides is 1. The molecule has 1 amide bonds. The highest BCUT2D eigenvalue weighted by atomic mass is 32.2. The zero-order valence-electron chi connectivity index (χ0n) is 19.3. The van der Waals surface area contributed by atoms with E-state index in [0.717, 1.165) is 10.3 Å². The highest BCUT2D eigenvalue weighted by molar-refractivity contribution is 7.89. The summed E-state index contributed by atoms with van der Waals surface area (Å²) in [5.41, 5.74) is 7.19. The average Bonchev–Trinajstić information content (AvgIpc) is 3.30. The molecule has 10 heteroatoms. The van der Waals surface area contributed by atoms with Crippen molar-refractivity contribution in [3.8, 4) is 11.8 Å². The number of sulfonamides is 1. The van der Waals surface area contributed by atoms with E-state index in [1.165, 1.54) is 23.5 Å². The number of benzene rings is 3. The predicted octanol–water partition coefficient (Wildman–Crippen LogP) is 4.07. The quantitative estimate of drug-likeness (QED) is 0.286. The molecule has 1 atom stereocenters. The van der Waals surface area contributed by atoms with Gasteiger partial charge in [-0.1, -0.05) is 30.3 Å². The van der Waals surface area contributed by atoms with Crippen molar-refractivity contribution < 1.29 is 17.9 Å². The number of hydrogen-bond donors (Lipinski definition) is 2. The summed E-state index contributed by atoms with van der Waals surface area (Å²) >= 11 is 1.37. The van der Waals surface area contributed by atoms with Crippen molar-refractivity contribution in [3.05, 3.63) is 88.9 Å².